The number of carbonyl (C=O) groups is 2. The average Bonchev–Trinajstić information content (AvgIpc) is 2.66. The monoisotopic (exact) mass is 213 g/mol. The summed E-state index contributed by atoms with van der Waals surface area (Å²) in [4.78, 5) is 22.2. The van der Waals surface area contributed by atoms with E-state index >= 15 is 0 Å². The van der Waals surface area contributed by atoms with Gasteiger partial charge in [-0.25, -0.2) is 4.68 Å². The van der Waals surface area contributed by atoms with Gasteiger partial charge in [-0.1, -0.05) is 0 Å². The van der Waals surface area contributed by atoms with Gasteiger partial charge in [-0.05, 0) is 6.92 Å². The molecule has 0 saturated carbocycles. The van der Waals surface area contributed by atoms with Crippen molar-refractivity contribution < 1.29 is 14.7 Å². The molecular formula is C7H11N5O3. The van der Waals surface area contributed by atoms with E-state index in [0.717, 1.165) is 4.68 Å². The van der Waals surface area contributed by atoms with Crippen LogP contribution in [-0.2, 0) is 9.59 Å². The Balaban J connectivity index is 2.37. The molecule has 8 nitrogen and oxygen atoms in total. The molecule has 0 fully saturated rings. The van der Waals surface area contributed by atoms with E-state index in [2.05, 4.69) is 20.9 Å². The minimum Gasteiger partial charge on any atom is -0.392 e. The number of aromatic nitrogens is 3. The summed E-state index contributed by atoms with van der Waals surface area (Å²) in [6.07, 6.45) is 1.77. The standard InChI is InChI=1S/C7H11N5O3/c1-5(13)2-8-6(14)7(15)11-12-3-9-10-4-12/h3-5,13H,2H2,1H3,(H,8,14)(H,11,15). The molecule has 15 heavy (non-hydrogen) atoms. The van der Waals surface area contributed by atoms with Crippen molar-refractivity contribution in [2.75, 3.05) is 12.0 Å². The van der Waals surface area contributed by atoms with Crippen molar-refractivity contribution in [3.8, 4) is 0 Å². The van der Waals surface area contributed by atoms with E-state index in [0.29, 0.717) is 0 Å². The third-order valence-electron chi connectivity index (χ3n) is 1.41. The summed E-state index contributed by atoms with van der Waals surface area (Å²) >= 11 is 0. The van der Waals surface area contributed by atoms with E-state index < -0.39 is 17.9 Å². The van der Waals surface area contributed by atoms with Crippen LogP contribution in [0.5, 0.6) is 0 Å². The molecule has 1 unspecified atom stereocenters. The zero-order valence-corrected chi connectivity index (χ0v) is 8.04. The number of nitrogens with zero attached hydrogens (tertiary/aromatic N) is 3. The van der Waals surface area contributed by atoms with Crippen molar-refractivity contribution in [3.05, 3.63) is 12.7 Å². The van der Waals surface area contributed by atoms with Crippen LogP contribution in [0.1, 0.15) is 6.92 Å². The summed E-state index contributed by atoms with van der Waals surface area (Å²) in [5.41, 5.74) is 2.20. The Kier molecular flexibility index (Phi) is 3.75. The van der Waals surface area contributed by atoms with E-state index in [4.69, 9.17) is 5.11 Å². The van der Waals surface area contributed by atoms with E-state index in [-0.39, 0.29) is 6.54 Å². The highest BCUT2D eigenvalue weighted by atomic mass is 16.3. The zero-order chi connectivity index (χ0) is 11.3. The maximum Gasteiger partial charge on any atom is 0.328 e. The highest BCUT2D eigenvalue weighted by Crippen LogP contribution is 1.79. The molecule has 0 aliphatic carbocycles. The fraction of sp³-hybridized carbons (Fsp3) is 0.429. The smallest absolute Gasteiger partial charge is 0.328 e. The second-order valence-corrected chi connectivity index (χ2v) is 2.87. The molecule has 1 heterocycles. The summed E-state index contributed by atoms with van der Waals surface area (Å²) in [5, 5.41) is 18.0. The van der Waals surface area contributed by atoms with Crippen LogP contribution >= 0.6 is 0 Å². The van der Waals surface area contributed by atoms with Crippen LogP contribution in [0.2, 0.25) is 0 Å². The highest BCUT2D eigenvalue weighted by molar-refractivity contribution is 6.38. The maximum absolute atomic E-state index is 11.1. The fourth-order valence-corrected chi connectivity index (χ4v) is 0.747. The molecule has 0 bridgehead atoms. The summed E-state index contributed by atoms with van der Waals surface area (Å²) in [5.74, 6) is -1.68. The molecule has 1 aromatic rings. The van der Waals surface area contributed by atoms with E-state index in [1.54, 1.807) is 0 Å². The Bertz CT molecular complexity index is 334. The SMILES string of the molecule is CC(O)CNC(=O)C(=O)Nn1cnnc1. The predicted molar refractivity (Wildman–Crippen MR) is 49.1 cm³/mol. The molecule has 0 saturated heterocycles. The van der Waals surface area contributed by atoms with E-state index in [1.165, 1.54) is 19.6 Å². The number of hydrogen-bond donors (Lipinski definition) is 3. The van der Waals surface area contributed by atoms with Crippen molar-refractivity contribution in [1.82, 2.24) is 20.2 Å². The van der Waals surface area contributed by atoms with E-state index in [1.807, 2.05) is 0 Å². The quantitative estimate of drug-likeness (QED) is 0.496. The van der Waals surface area contributed by atoms with Gasteiger partial charge in [-0.3, -0.25) is 15.0 Å². The lowest BCUT2D eigenvalue weighted by atomic mass is 10.4. The lowest BCUT2D eigenvalue weighted by Gasteiger charge is -2.07. The molecule has 1 rings (SSSR count). The first kappa shape index (κ1) is 11.1. The first-order chi connectivity index (χ1) is 7.09. The molecule has 2 amide bonds. The zero-order valence-electron chi connectivity index (χ0n) is 8.04. The first-order valence-electron chi connectivity index (χ1n) is 4.21. The lowest BCUT2D eigenvalue weighted by Crippen LogP contribution is -2.41. The minimum absolute atomic E-state index is 0.0223. The number of aliphatic hydroxyl groups excluding tert-OH is 1. The minimum atomic E-state index is -0.851. The summed E-state index contributed by atoms with van der Waals surface area (Å²) < 4.78 is 1.14. The predicted octanol–water partition coefficient (Wildman–Crippen LogP) is -2.15. The molecule has 1 aromatic heterocycles. The number of hydrogen-bond acceptors (Lipinski definition) is 5. The normalized spacial score (nSPS) is 11.9. The Morgan fingerprint density at radius 1 is 1.40 bits per heavy atom. The van der Waals surface area contributed by atoms with Crippen molar-refractivity contribution >= 4 is 11.8 Å². The molecule has 82 valence electrons. The second kappa shape index (κ2) is 5.05. The van der Waals surface area contributed by atoms with Gasteiger partial charge in [-0.2, -0.15) is 0 Å². The number of carbonyl (C=O) groups excluding carboxylic acids is 2. The van der Waals surface area contributed by atoms with Gasteiger partial charge in [0.2, 0.25) is 0 Å². The summed E-state index contributed by atoms with van der Waals surface area (Å²) in [6, 6.07) is 0. The van der Waals surface area contributed by atoms with Crippen molar-refractivity contribution in [2.45, 2.75) is 13.0 Å². The molecule has 0 aliphatic heterocycles. The summed E-state index contributed by atoms with van der Waals surface area (Å²) in [6.45, 7) is 1.52. The van der Waals surface area contributed by atoms with Crippen molar-refractivity contribution in [3.63, 3.8) is 0 Å². The Morgan fingerprint density at radius 2 is 2.00 bits per heavy atom. The van der Waals surface area contributed by atoms with Gasteiger partial charge in [0.15, 0.2) is 0 Å². The molecule has 0 aliphatic rings. The molecule has 0 spiro atoms. The molecular weight excluding hydrogens is 202 g/mol. The van der Waals surface area contributed by atoms with Crippen LogP contribution in [0.15, 0.2) is 12.7 Å². The van der Waals surface area contributed by atoms with Gasteiger partial charge < -0.3 is 10.4 Å². The van der Waals surface area contributed by atoms with Crippen LogP contribution in [0.25, 0.3) is 0 Å². The largest absolute Gasteiger partial charge is 0.392 e. The highest BCUT2D eigenvalue weighted by Gasteiger charge is 2.13. The van der Waals surface area contributed by atoms with Gasteiger partial charge in [0.05, 0.1) is 6.10 Å². The van der Waals surface area contributed by atoms with Gasteiger partial charge in [-0.15, -0.1) is 10.2 Å². The van der Waals surface area contributed by atoms with Crippen molar-refractivity contribution in [2.24, 2.45) is 0 Å². The van der Waals surface area contributed by atoms with Gasteiger partial charge in [0.1, 0.15) is 12.7 Å². The third kappa shape index (κ3) is 3.73. The Morgan fingerprint density at radius 3 is 2.53 bits per heavy atom. The van der Waals surface area contributed by atoms with Crippen LogP contribution in [-0.4, -0.2) is 44.4 Å². The number of nitrogens with one attached hydrogen (secondary N) is 2. The van der Waals surface area contributed by atoms with Crippen LogP contribution in [0.3, 0.4) is 0 Å². The number of rotatable bonds is 3. The molecule has 0 radical (unpaired) electrons. The van der Waals surface area contributed by atoms with Gasteiger partial charge >= 0.3 is 11.8 Å². The molecule has 0 aromatic carbocycles. The fourth-order valence-electron chi connectivity index (χ4n) is 0.747. The van der Waals surface area contributed by atoms with Crippen LogP contribution in [0.4, 0.5) is 0 Å². The lowest BCUT2D eigenvalue weighted by molar-refractivity contribution is -0.136. The first-order valence-corrected chi connectivity index (χ1v) is 4.21. The molecule has 1 atom stereocenters. The maximum atomic E-state index is 11.1. The number of aliphatic hydroxyl groups is 1. The Labute approximate surface area is 85.3 Å². The molecule has 3 N–H and O–H groups in total. The third-order valence-corrected chi connectivity index (χ3v) is 1.41. The van der Waals surface area contributed by atoms with Crippen molar-refractivity contribution in [1.29, 1.82) is 0 Å². The Hall–Kier alpha value is -1.96. The van der Waals surface area contributed by atoms with Crippen LogP contribution < -0.4 is 10.7 Å². The summed E-state index contributed by atoms with van der Waals surface area (Å²) in [7, 11) is 0. The van der Waals surface area contributed by atoms with E-state index in [9.17, 15) is 9.59 Å². The van der Waals surface area contributed by atoms with Crippen LogP contribution in [0, 0.1) is 0 Å². The second-order valence-electron chi connectivity index (χ2n) is 2.87. The van der Waals surface area contributed by atoms with Gasteiger partial charge in [0.25, 0.3) is 0 Å². The van der Waals surface area contributed by atoms with Gasteiger partial charge in [0, 0.05) is 6.54 Å². The molecule has 8 heteroatoms. The average molecular weight is 213 g/mol. The topological polar surface area (TPSA) is 109 Å². The number of amides is 2.